The van der Waals surface area contributed by atoms with Crippen molar-refractivity contribution in [1.29, 1.82) is 0 Å². The molecule has 3 aliphatic rings. The van der Waals surface area contributed by atoms with Crippen LogP contribution in [-0.4, -0.2) is 11.9 Å². The molecule has 0 unspecified atom stereocenters. The van der Waals surface area contributed by atoms with Gasteiger partial charge < -0.3 is 12.9 Å². The lowest BCUT2D eigenvalue weighted by molar-refractivity contribution is -0.385. The van der Waals surface area contributed by atoms with E-state index in [0.29, 0.717) is 5.56 Å². The van der Waals surface area contributed by atoms with Crippen molar-refractivity contribution < 1.29 is 17.9 Å². The molecular formula is C11H10BF3NO2-. The maximum atomic E-state index is 12.8. The lowest BCUT2D eigenvalue weighted by Gasteiger charge is -2.75. The van der Waals surface area contributed by atoms with Gasteiger partial charge in [-0.2, -0.15) is 0 Å². The van der Waals surface area contributed by atoms with Gasteiger partial charge in [-0.25, -0.2) is 0 Å². The van der Waals surface area contributed by atoms with Crippen molar-refractivity contribution in [2.45, 2.75) is 30.0 Å². The summed E-state index contributed by atoms with van der Waals surface area (Å²) in [5, 5.41) is 9.20. The van der Waals surface area contributed by atoms with Gasteiger partial charge >= 0.3 is 6.98 Å². The predicted molar refractivity (Wildman–Crippen MR) is 60.4 cm³/mol. The van der Waals surface area contributed by atoms with E-state index >= 15 is 0 Å². The molecule has 0 atom stereocenters. The van der Waals surface area contributed by atoms with Crippen LogP contribution in [0.5, 0.6) is 0 Å². The highest BCUT2D eigenvalue weighted by Gasteiger charge is 2.74. The number of hydrogen-bond acceptors (Lipinski definition) is 2. The molecule has 1 aromatic rings. The van der Waals surface area contributed by atoms with Gasteiger partial charge in [0.2, 0.25) is 0 Å². The molecule has 3 nitrogen and oxygen atoms in total. The Hall–Kier alpha value is -1.53. The lowest BCUT2D eigenvalue weighted by atomic mass is 9.23. The van der Waals surface area contributed by atoms with Crippen LogP contribution in [0.25, 0.3) is 0 Å². The smallest absolute Gasteiger partial charge is 0.449 e. The SMILES string of the molecule is O=[N+]([O-])c1cccc(C23CC([B-](F)(F)F)(C2)C3)c1. The Morgan fingerprint density at radius 2 is 1.83 bits per heavy atom. The molecule has 2 bridgehead atoms. The molecule has 0 N–H and O–H groups in total. The molecule has 0 amide bonds. The largest absolute Gasteiger partial charge is 0.484 e. The van der Waals surface area contributed by atoms with Crippen LogP contribution in [0.4, 0.5) is 18.6 Å². The number of rotatable bonds is 3. The third-order valence-electron chi connectivity index (χ3n) is 4.44. The molecule has 96 valence electrons. The molecule has 0 radical (unpaired) electrons. The number of non-ortho nitro benzene ring substituents is 1. The van der Waals surface area contributed by atoms with Gasteiger partial charge in [0.1, 0.15) is 0 Å². The van der Waals surface area contributed by atoms with E-state index in [1.54, 1.807) is 12.1 Å². The first-order chi connectivity index (χ1) is 8.28. The summed E-state index contributed by atoms with van der Waals surface area (Å²) in [6, 6.07) is 6.00. The first-order valence-corrected chi connectivity index (χ1v) is 5.72. The maximum absolute atomic E-state index is 12.8. The summed E-state index contributed by atoms with van der Waals surface area (Å²) >= 11 is 0. The third kappa shape index (κ3) is 1.27. The maximum Gasteiger partial charge on any atom is 0.484 e. The molecule has 1 aromatic carbocycles. The minimum Gasteiger partial charge on any atom is -0.449 e. The Balaban J connectivity index is 1.85. The minimum atomic E-state index is -4.79. The van der Waals surface area contributed by atoms with E-state index in [-0.39, 0.29) is 24.9 Å². The molecule has 3 saturated carbocycles. The monoisotopic (exact) mass is 256 g/mol. The number of halogens is 3. The van der Waals surface area contributed by atoms with Gasteiger partial charge in [0.05, 0.1) is 4.92 Å². The quantitative estimate of drug-likeness (QED) is 0.471. The summed E-state index contributed by atoms with van der Waals surface area (Å²) in [5.74, 6) is 0. The molecule has 0 spiro atoms. The van der Waals surface area contributed by atoms with E-state index in [1.165, 1.54) is 12.1 Å². The first-order valence-electron chi connectivity index (χ1n) is 5.72. The Kier molecular flexibility index (Phi) is 1.97. The Labute approximate surface area is 101 Å². The Morgan fingerprint density at radius 1 is 1.22 bits per heavy atom. The van der Waals surface area contributed by atoms with Crippen LogP contribution in [0.1, 0.15) is 24.8 Å². The Morgan fingerprint density at radius 3 is 2.33 bits per heavy atom. The molecule has 4 rings (SSSR count). The van der Waals surface area contributed by atoms with E-state index in [0.717, 1.165) is 0 Å². The van der Waals surface area contributed by atoms with E-state index in [4.69, 9.17) is 0 Å². The predicted octanol–water partition coefficient (Wildman–Crippen LogP) is 3.62. The number of nitro groups is 1. The van der Waals surface area contributed by atoms with Crippen molar-refractivity contribution >= 4 is 12.7 Å². The van der Waals surface area contributed by atoms with Crippen molar-refractivity contribution in [3.05, 3.63) is 39.9 Å². The summed E-state index contributed by atoms with van der Waals surface area (Å²) in [4.78, 5) is 10.1. The fourth-order valence-electron chi connectivity index (χ4n) is 3.47. The molecule has 0 aromatic heterocycles. The fraction of sp³-hybridized carbons (Fsp3) is 0.455. The summed E-state index contributed by atoms with van der Waals surface area (Å²) in [5.41, 5.74) is 0.172. The molecule has 3 fully saturated rings. The summed E-state index contributed by atoms with van der Waals surface area (Å²) < 4.78 is 38.3. The van der Waals surface area contributed by atoms with Crippen LogP contribution < -0.4 is 0 Å². The second-order valence-corrected chi connectivity index (χ2v) is 5.56. The van der Waals surface area contributed by atoms with Crippen LogP contribution in [0.2, 0.25) is 5.31 Å². The van der Waals surface area contributed by atoms with Crippen molar-refractivity contribution in [2.24, 2.45) is 0 Å². The molecule has 0 aliphatic heterocycles. The number of hydrogen-bond donors (Lipinski definition) is 0. The summed E-state index contributed by atoms with van der Waals surface area (Å²) in [6.07, 6.45) is 0.306. The zero-order valence-corrected chi connectivity index (χ0v) is 9.41. The molecule has 7 heteroatoms. The molecule has 0 saturated heterocycles. The topological polar surface area (TPSA) is 43.1 Å². The van der Waals surface area contributed by atoms with E-state index in [2.05, 4.69) is 0 Å². The van der Waals surface area contributed by atoms with Gasteiger partial charge in [-0.15, -0.1) is 0 Å². The summed E-state index contributed by atoms with van der Waals surface area (Å²) in [6.45, 7) is -4.79. The molecule has 18 heavy (non-hydrogen) atoms. The van der Waals surface area contributed by atoms with Gasteiger partial charge in [-0.1, -0.05) is 36.7 Å². The van der Waals surface area contributed by atoms with Gasteiger partial charge in [0.25, 0.3) is 5.69 Å². The van der Waals surface area contributed by atoms with Gasteiger partial charge in [0.15, 0.2) is 0 Å². The van der Waals surface area contributed by atoms with E-state index < -0.39 is 22.6 Å². The second-order valence-electron chi connectivity index (χ2n) is 5.56. The highest BCUT2D eigenvalue weighted by molar-refractivity contribution is 6.63. The molecule has 3 aliphatic carbocycles. The van der Waals surface area contributed by atoms with Crippen LogP contribution in [-0.2, 0) is 5.41 Å². The average molecular weight is 256 g/mol. The lowest BCUT2D eigenvalue weighted by Crippen LogP contribution is -2.67. The van der Waals surface area contributed by atoms with Crippen LogP contribution in [0, 0.1) is 10.1 Å². The fourth-order valence-corrected chi connectivity index (χ4v) is 3.47. The highest BCUT2D eigenvalue weighted by Crippen LogP contribution is 2.82. The van der Waals surface area contributed by atoms with E-state index in [1.807, 2.05) is 0 Å². The number of benzene rings is 1. The van der Waals surface area contributed by atoms with Crippen molar-refractivity contribution in [2.75, 3.05) is 0 Å². The number of nitrogens with zero attached hydrogens (tertiary/aromatic N) is 1. The molecular weight excluding hydrogens is 246 g/mol. The van der Waals surface area contributed by atoms with Crippen LogP contribution >= 0.6 is 0 Å². The van der Waals surface area contributed by atoms with Crippen molar-refractivity contribution in [3.63, 3.8) is 0 Å². The minimum absolute atomic E-state index is 0.0520. The highest BCUT2D eigenvalue weighted by atomic mass is 19.4. The summed E-state index contributed by atoms with van der Waals surface area (Å²) in [7, 11) is 0. The van der Waals surface area contributed by atoms with Crippen LogP contribution in [0.3, 0.4) is 0 Å². The van der Waals surface area contributed by atoms with Crippen molar-refractivity contribution in [3.8, 4) is 0 Å². The second kappa shape index (κ2) is 3.07. The normalized spacial score (nSPS) is 33.5. The van der Waals surface area contributed by atoms with Gasteiger partial charge in [0, 0.05) is 12.1 Å². The Bertz CT molecular complexity index is 524. The van der Waals surface area contributed by atoms with Gasteiger partial charge in [-0.3, -0.25) is 10.1 Å². The zero-order valence-electron chi connectivity index (χ0n) is 9.41. The average Bonchev–Trinajstić information content (AvgIpc) is 2.11. The standard InChI is InChI=1S/C11H10BF3NO2/c13-12(14,15)11-5-10(6-11,7-11)8-2-1-3-9(4-8)16(17)18/h1-4H,5-7H2/q-1. The molecule has 0 heterocycles. The first kappa shape index (κ1) is 11.6. The third-order valence-corrected chi connectivity index (χ3v) is 4.44. The van der Waals surface area contributed by atoms with Gasteiger partial charge in [-0.05, 0) is 11.0 Å². The van der Waals surface area contributed by atoms with Crippen molar-refractivity contribution in [1.82, 2.24) is 0 Å². The van der Waals surface area contributed by atoms with Crippen LogP contribution in [0.15, 0.2) is 24.3 Å². The number of nitro benzene ring substituents is 1. The zero-order chi connectivity index (χ0) is 13.2. The van der Waals surface area contributed by atoms with E-state index in [9.17, 15) is 23.1 Å².